The molecule has 24 heavy (non-hydrogen) atoms. The molecule has 1 heterocycles. The molecule has 3 nitrogen and oxygen atoms in total. The molecule has 2 atom stereocenters. The molecule has 0 radical (unpaired) electrons. The van der Waals surface area contributed by atoms with E-state index in [1.54, 1.807) is 11.8 Å². The Morgan fingerprint density at radius 3 is 2.21 bits per heavy atom. The minimum absolute atomic E-state index is 0.118. The van der Waals surface area contributed by atoms with Crippen LogP contribution in [0.25, 0.3) is 11.1 Å². The van der Waals surface area contributed by atoms with Crippen LogP contribution in [0.2, 0.25) is 0 Å². The van der Waals surface area contributed by atoms with Gasteiger partial charge in [0.25, 0.3) is 0 Å². The first-order chi connectivity index (χ1) is 11.6. The Bertz CT molecular complexity index is 662. The van der Waals surface area contributed by atoms with Gasteiger partial charge in [-0.2, -0.15) is 0 Å². The van der Waals surface area contributed by atoms with Crippen molar-refractivity contribution in [2.75, 3.05) is 18.8 Å². The number of nitrogens with zero attached hydrogens (tertiary/aromatic N) is 1. The van der Waals surface area contributed by atoms with Gasteiger partial charge >= 0.3 is 0 Å². The molecule has 1 fully saturated rings. The van der Waals surface area contributed by atoms with Crippen LogP contribution in [0.5, 0.6) is 0 Å². The third-order valence-corrected chi connectivity index (χ3v) is 5.09. The van der Waals surface area contributed by atoms with Gasteiger partial charge in [-0.25, -0.2) is 0 Å². The normalized spacial score (nSPS) is 20.8. The molecule has 4 heteroatoms. The summed E-state index contributed by atoms with van der Waals surface area (Å²) in [5.74, 6) is 0.665. The molecular weight excluding hydrogens is 318 g/mol. The van der Waals surface area contributed by atoms with Gasteiger partial charge in [0, 0.05) is 18.0 Å². The van der Waals surface area contributed by atoms with E-state index in [1.807, 2.05) is 36.9 Å². The maximum atomic E-state index is 12.4. The molecule has 1 aliphatic rings. The van der Waals surface area contributed by atoms with E-state index in [0.717, 1.165) is 4.90 Å². The number of morpholine rings is 1. The topological polar surface area (TPSA) is 29.5 Å². The highest BCUT2D eigenvalue weighted by molar-refractivity contribution is 8.00. The Morgan fingerprint density at radius 1 is 1.00 bits per heavy atom. The number of hydrogen-bond acceptors (Lipinski definition) is 3. The molecule has 0 aliphatic carbocycles. The number of amides is 1. The van der Waals surface area contributed by atoms with Crippen molar-refractivity contribution >= 4 is 17.7 Å². The first-order valence-corrected chi connectivity index (χ1v) is 9.32. The lowest BCUT2D eigenvalue weighted by atomic mass is 10.1. The number of thioether (sulfide) groups is 1. The van der Waals surface area contributed by atoms with Crippen LogP contribution in [0.4, 0.5) is 0 Å². The molecule has 0 N–H and O–H groups in total. The Balaban J connectivity index is 1.56. The summed E-state index contributed by atoms with van der Waals surface area (Å²) in [6.07, 6.45) is 0.237. The number of ether oxygens (including phenoxy) is 1. The first-order valence-electron chi connectivity index (χ1n) is 8.33. The average Bonchev–Trinajstić information content (AvgIpc) is 2.60. The van der Waals surface area contributed by atoms with Gasteiger partial charge in [-0.15, -0.1) is 11.8 Å². The Hall–Kier alpha value is -1.78. The van der Waals surface area contributed by atoms with E-state index >= 15 is 0 Å². The van der Waals surface area contributed by atoms with Crippen molar-refractivity contribution < 1.29 is 9.53 Å². The van der Waals surface area contributed by atoms with Crippen molar-refractivity contribution in [1.29, 1.82) is 0 Å². The smallest absolute Gasteiger partial charge is 0.233 e. The number of hydrogen-bond donors (Lipinski definition) is 0. The molecule has 1 aliphatic heterocycles. The van der Waals surface area contributed by atoms with Crippen molar-refractivity contribution in [2.45, 2.75) is 31.0 Å². The van der Waals surface area contributed by atoms with E-state index in [1.165, 1.54) is 11.1 Å². The molecule has 1 amide bonds. The zero-order valence-electron chi connectivity index (χ0n) is 14.1. The summed E-state index contributed by atoms with van der Waals surface area (Å²) < 4.78 is 5.68. The van der Waals surface area contributed by atoms with Crippen LogP contribution in [0, 0.1) is 0 Å². The van der Waals surface area contributed by atoms with Crippen LogP contribution in [-0.4, -0.2) is 41.9 Å². The molecule has 0 bridgehead atoms. The molecular formula is C20H23NO2S. The predicted molar refractivity (Wildman–Crippen MR) is 99.2 cm³/mol. The van der Waals surface area contributed by atoms with Crippen LogP contribution in [0.3, 0.4) is 0 Å². The van der Waals surface area contributed by atoms with Gasteiger partial charge in [0.05, 0.1) is 18.0 Å². The van der Waals surface area contributed by atoms with Crippen LogP contribution in [0.1, 0.15) is 13.8 Å². The highest BCUT2D eigenvalue weighted by atomic mass is 32.2. The third-order valence-electron chi connectivity index (χ3n) is 4.10. The summed E-state index contributed by atoms with van der Waals surface area (Å²) in [5.41, 5.74) is 2.41. The van der Waals surface area contributed by atoms with Crippen LogP contribution in [0.15, 0.2) is 59.5 Å². The monoisotopic (exact) mass is 341 g/mol. The van der Waals surface area contributed by atoms with Gasteiger partial charge in [-0.3, -0.25) is 4.79 Å². The summed E-state index contributed by atoms with van der Waals surface area (Å²) >= 11 is 1.60. The summed E-state index contributed by atoms with van der Waals surface area (Å²) in [7, 11) is 0. The van der Waals surface area contributed by atoms with E-state index in [0.29, 0.717) is 18.8 Å². The fourth-order valence-corrected chi connectivity index (χ4v) is 3.79. The molecule has 0 spiro atoms. The van der Waals surface area contributed by atoms with Gasteiger partial charge in [0.1, 0.15) is 0 Å². The molecule has 0 aromatic heterocycles. The van der Waals surface area contributed by atoms with Crippen molar-refractivity contribution in [3.63, 3.8) is 0 Å². The van der Waals surface area contributed by atoms with E-state index in [-0.39, 0.29) is 18.1 Å². The van der Waals surface area contributed by atoms with Gasteiger partial charge < -0.3 is 9.64 Å². The molecule has 1 saturated heterocycles. The van der Waals surface area contributed by atoms with Gasteiger partial charge in [-0.1, -0.05) is 42.5 Å². The zero-order chi connectivity index (χ0) is 16.9. The molecule has 126 valence electrons. The van der Waals surface area contributed by atoms with Gasteiger partial charge in [-0.05, 0) is 37.1 Å². The minimum Gasteiger partial charge on any atom is -0.372 e. The largest absolute Gasteiger partial charge is 0.372 e. The highest BCUT2D eigenvalue weighted by Crippen LogP contribution is 2.24. The Labute approximate surface area is 148 Å². The number of benzene rings is 2. The second kappa shape index (κ2) is 7.86. The molecule has 3 rings (SSSR count). The predicted octanol–water partition coefficient (Wildman–Crippen LogP) is 4.08. The van der Waals surface area contributed by atoms with Crippen LogP contribution in [-0.2, 0) is 9.53 Å². The number of rotatable bonds is 4. The Kier molecular flexibility index (Phi) is 5.59. The molecule has 0 saturated carbocycles. The highest BCUT2D eigenvalue weighted by Gasteiger charge is 2.25. The van der Waals surface area contributed by atoms with Crippen molar-refractivity contribution in [3.8, 4) is 11.1 Å². The summed E-state index contributed by atoms with van der Waals surface area (Å²) in [5, 5.41) is 0. The van der Waals surface area contributed by atoms with E-state index in [9.17, 15) is 4.79 Å². The van der Waals surface area contributed by atoms with Crippen molar-refractivity contribution in [1.82, 2.24) is 4.90 Å². The number of carbonyl (C=O) groups is 1. The minimum atomic E-state index is 0.118. The maximum absolute atomic E-state index is 12.4. The zero-order valence-corrected chi connectivity index (χ0v) is 15.0. The Morgan fingerprint density at radius 2 is 1.58 bits per heavy atom. The van der Waals surface area contributed by atoms with Crippen molar-refractivity contribution in [3.05, 3.63) is 54.6 Å². The fraction of sp³-hybridized carbons (Fsp3) is 0.350. The summed E-state index contributed by atoms with van der Waals surface area (Å²) in [4.78, 5) is 15.4. The quantitative estimate of drug-likeness (QED) is 0.785. The second-order valence-electron chi connectivity index (χ2n) is 6.24. The number of carbonyl (C=O) groups excluding carboxylic acids is 1. The summed E-state index contributed by atoms with van der Waals surface area (Å²) in [6.45, 7) is 5.42. The van der Waals surface area contributed by atoms with E-state index in [4.69, 9.17) is 4.74 Å². The average molecular weight is 341 g/mol. The van der Waals surface area contributed by atoms with Gasteiger partial charge in [0.2, 0.25) is 5.91 Å². The van der Waals surface area contributed by atoms with Crippen LogP contribution >= 0.6 is 11.8 Å². The third kappa shape index (κ3) is 4.40. The lowest BCUT2D eigenvalue weighted by molar-refractivity contribution is -0.140. The second-order valence-corrected chi connectivity index (χ2v) is 7.28. The molecule has 2 aromatic rings. The van der Waals surface area contributed by atoms with E-state index < -0.39 is 0 Å². The van der Waals surface area contributed by atoms with Gasteiger partial charge in [0.15, 0.2) is 0 Å². The van der Waals surface area contributed by atoms with Crippen LogP contribution < -0.4 is 0 Å². The first kappa shape index (κ1) is 17.1. The fourth-order valence-electron chi connectivity index (χ4n) is 2.99. The standard InChI is InChI=1S/C20H23NO2S/c1-15-12-21(13-16(2)23-15)20(22)14-24-19-10-8-18(9-11-19)17-6-4-3-5-7-17/h3-11,15-16H,12-14H2,1-2H3. The molecule has 2 unspecified atom stereocenters. The molecule has 2 aromatic carbocycles. The lowest BCUT2D eigenvalue weighted by Crippen LogP contribution is -2.48. The maximum Gasteiger partial charge on any atom is 0.233 e. The van der Waals surface area contributed by atoms with Crippen molar-refractivity contribution in [2.24, 2.45) is 0 Å². The summed E-state index contributed by atoms with van der Waals surface area (Å²) in [6, 6.07) is 18.7. The SMILES string of the molecule is CC1CN(C(=O)CSc2ccc(-c3ccccc3)cc2)CC(C)O1. The van der Waals surface area contributed by atoms with E-state index in [2.05, 4.69) is 36.4 Å². The lowest BCUT2D eigenvalue weighted by Gasteiger charge is -2.35.